The predicted octanol–water partition coefficient (Wildman–Crippen LogP) is 4.89. The Morgan fingerprint density at radius 2 is 1.63 bits per heavy atom. The fraction of sp³-hybridized carbons (Fsp3) is 0.286. The maximum atomic E-state index is 13.5. The van der Waals surface area contributed by atoms with Gasteiger partial charge in [-0.2, -0.15) is 0 Å². The molecule has 1 N–H and O–H groups in total. The quantitative estimate of drug-likeness (QED) is 0.389. The van der Waals surface area contributed by atoms with Gasteiger partial charge in [0.1, 0.15) is 17.5 Å². The Balaban J connectivity index is 1.89. The van der Waals surface area contributed by atoms with Crippen molar-refractivity contribution in [3.63, 3.8) is 0 Å². The number of para-hydroxylation sites is 1. The maximum absolute atomic E-state index is 13.5. The molecule has 0 fully saturated rings. The summed E-state index contributed by atoms with van der Waals surface area (Å²) >= 11 is 6.20. The standard InChI is InChI=1S/C28H31ClN2O4/c1-3-17-30-28(33)25(18-21-9-5-4-6-10-21)31(19-22-13-15-23(34-2)16-14-22)27(32)20-35-26-12-8-7-11-24(26)29/h4-16,25H,3,17-20H2,1-2H3,(H,30,33)/t25-/m0/s1. The summed E-state index contributed by atoms with van der Waals surface area (Å²) in [5, 5.41) is 3.38. The molecule has 0 aromatic heterocycles. The van der Waals surface area contributed by atoms with E-state index in [4.69, 9.17) is 21.1 Å². The molecule has 3 rings (SSSR count). The molecule has 0 unspecified atom stereocenters. The van der Waals surface area contributed by atoms with Crippen LogP contribution in [0.2, 0.25) is 5.02 Å². The number of hydrogen-bond donors (Lipinski definition) is 1. The minimum Gasteiger partial charge on any atom is -0.497 e. The molecule has 3 aromatic carbocycles. The highest BCUT2D eigenvalue weighted by Crippen LogP contribution is 2.24. The van der Waals surface area contributed by atoms with Crippen molar-refractivity contribution in [1.29, 1.82) is 0 Å². The second-order valence-electron chi connectivity index (χ2n) is 8.09. The van der Waals surface area contributed by atoms with Crippen LogP contribution in [0.25, 0.3) is 0 Å². The van der Waals surface area contributed by atoms with Crippen molar-refractivity contribution in [2.45, 2.75) is 32.4 Å². The second-order valence-corrected chi connectivity index (χ2v) is 8.49. The van der Waals surface area contributed by atoms with Crippen LogP contribution in [0.15, 0.2) is 78.9 Å². The number of nitrogens with one attached hydrogen (secondary N) is 1. The van der Waals surface area contributed by atoms with Crippen molar-refractivity contribution in [1.82, 2.24) is 10.2 Å². The number of hydrogen-bond acceptors (Lipinski definition) is 4. The first-order valence-electron chi connectivity index (χ1n) is 11.6. The first-order chi connectivity index (χ1) is 17.0. The maximum Gasteiger partial charge on any atom is 0.261 e. The Labute approximate surface area is 211 Å². The molecule has 2 amide bonds. The van der Waals surface area contributed by atoms with Gasteiger partial charge in [0, 0.05) is 19.5 Å². The Kier molecular flexibility index (Phi) is 9.99. The lowest BCUT2D eigenvalue weighted by Gasteiger charge is -2.31. The number of nitrogens with zero attached hydrogens (tertiary/aromatic N) is 1. The van der Waals surface area contributed by atoms with Gasteiger partial charge in [-0.15, -0.1) is 0 Å². The van der Waals surface area contributed by atoms with Crippen LogP contribution in [0.3, 0.4) is 0 Å². The van der Waals surface area contributed by atoms with E-state index in [2.05, 4.69) is 5.32 Å². The smallest absolute Gasteiger partial charge is 0.261 e. The number of benzene rings is 3. The Bertz CT molecular complexity index is 1090. The fourth-order valence-electron chi connectivity index (χ4n) is 3.63. The molecule has 0 radical (unpaired) electrons. The summed E-state index contributed by atoms with van der Waals surface area (Å²) in [5.74, 6) is 0.626. The Morgan fingerprint density at radius 1 is 0.943 bits per heavy atom. The third-order valence-electron chi connectivity index (χ3n) is 5.52. The minimum atomic E-state index is -0.714. The molecule has 35 heavy (non-hydrogen) atoms. The first-order valence-corrected chi connectivity index (χ1v) is 12.0. The molecule has 6 nitrogen and oxygen atoms in total. The van der Waals surface area contributed by atoms with Gasteiger partial charge in [0.25, 0.3) is 5.91 Å². The largest absolute Gasteiger partial charge is 0.497 e. The highest BCUT2D eigenvalue weighted by Gasteiger charge is 2.30. The van der Waals surface area contributed by atoms with Crippen molar-refractivity contribution in [3.8, 4) is 11.5 Å². The van der Waals surface area contributed by atoms with Crippen molar-refractivity contribution in [2.24, 2.45) is 0 Å². The summed E-state index contributed by atoms with van der Waals surface area (Å²) in [4.78, 5) is 28.4. The average molecular weight is 495 g/mol. The SMILES string of the molecule is CCCNC(=O)[C@H](Cc1ccccc1)N(Cc1ccc(OC)cc1)C(=O)COc1ccccc1Cl. The first kappa shape index (κ1) is 26.1. The second kappa shape index (κ2) is 13.4. The van der Waals surface area contributed by atoms with E-state index in [0.717, 1.165) is 23.3 Å². The molecular formula is C28H31ClN2O4. The normalized spacial score (nSPS) is 11.4. The number of ether oxygens (including phenoxy) is 2. The van der Waals surface area contributed by atoms with Crippen molar-refractivity contribution in [3.05, 3.63) is 95.0 Å². The molecule has 0 aliphatic heterocycles. The van der Waals surface area contributed by atoms with Gasteiger partial charge >= 0.3 is 0 Å². The summed E-state index contributed by atoms with van der Waals surface area (Å²) in [6.45, 7) is 2.52. The van der Waals surface area contributed by atoms with Crippen LogP contribution in [-0.4, -0.2) is 43.0 Å². The molecule has 184 valence electrons. The molecule has 0 aliphatic rings. The van der Waals surface area contributed by atoms with Crippen LogP contribution >= 0.6 is 11.6 Å². The van der Waals surface area contributed by atoms with Gasteiger partial charge in [-0.1, -0.05) is 73.1 Å². The van der Waals surface area contributed by atoms with Gasteiger partial charge in [-0.3, -0.25) is 9.59 Å². The molecule has 3 aromatic rings. The van der Waals surface area contributed by atoms with Crippen LogP contribution in [0.1, 0.15) is 24.5 Å². The number of carbonyl (C=O) groups is 2. The zero-order valence-corrected chi connectivity index (χ0v) is 20.8. The van der Waals surface area contributed by atoms with Gasteiger partial charge in [0.2, 0.25) is 5.91 Å². The molecule has 0 aliphatic carbocycles. The number of halogens is 1. The molecule has 0 spiro atoms. The minimum absolute atomic E-state index is 0.199. The Morgan fingerprint density at radius 3 is 2.29 bits per heavy atom. The molecule has 0 saturated carbocycles. The van der Waals surface area contributed by atoms with E-state index in [0.29, 0.717) is 23.7 Å². The molecule has 0 saturated heterocycles. The summed E-state index contributed by atoms with van der Waals surface area (Å²) in [6.07, 6.45) is 1.18. The number of amides is 2. The van der Waals surface area contributed by atoms with E-state index >= 15 is 0 Å². The molecule has 1 atom stereocenters. The number of rotatable bonds is 12. The number of carbonyl (C=O) groups excluding carboxylic acids is 2. The van der Waals surface area contributed by atoms with E-state index in [-0.39, 0.29) is 25.0 Å². The van der Waals surface area contributed by atoms with Crippen LogP contribution in [0.5, 0.6) is 11.5 Å². The van der Waals surface area contributed by atoms with Crippen LogP contribution in [0, 0.1) is 0 Å². The fourth-order valence-corrected chi connectivity index (χ4v) is 3.82. The van der Waals surface area contributed by atoms with Gasteiger partial charge in [-0.05, 0) is 41.8 Å². The van der Waals surface area contributed by atoms with Gasteiger partial charge < -0.3 is 19.7 Å². The summed E-state index contributed by atoms with van der Waals surface area (Å²) in [5.41, 5.74) is 1.84. The summed E-state index contributed by atoms with van der Waals surface area (Å²) in [6, 6.07) is 23.4. The lowest BCUT2D eigenvalue weighted by Crippen LogP contribution is -2.51. The zero-order valence-electron chi connectivity index (χ0n) is 20.1. The highest BCUT2D eigenvalue weighted by atomic mass is 35.5. The molecule has 0 heterocycles. The van der Waals surface area contributed by atoms with Gasteiger partial charge in [0.15, 0.2) is 6.61 Å². The van der Waals surface area contributed by atoms with Crippen LogP contribution in [0.4, 0.5) is 0 Å². The van der Waals surface area contributed by atoms with Crippen LogP contribution in [-0.2, 0) is 22.6 Å². The lowest BCUT2D eigenvalue weighted by atomic mass is 10.0. The monoisotopic (exact) mass is 494 g/mol. The average Bonchev–Trinajstić information content (AvgIpc) is 2.89. The topological polar surface area (TPSA) is 67.9 Å². The van der Waals surface area contributed by atoms with Gasteiger partial charge in [-0.25, -0.2) is 0 Å². The zero-order chi connectivity index (χ0) is 25.0. The lowest BCUT2D eigenvalue weighted by molar-refractivity contribution is -0.142. The molecule has 0 bridgehead atoms. The van der Waals surface area contributed by atoms with E-state index < -0.39 is 6.04 Å². The van der Waals surface area contributed by atoms with E-state index in [9.17, 15) is 9.59 Å². The molecule has 7 heteroatoms. The van der Waals surface area contributed by atoms with E-state index in [1.54, 1.807) is 36.3 Å². The van der Waals surface area contributed by atoms with E-state index in [1.165, 1.54) is 0 Å². The van der Waals surface area contributed by atoms with Crippen molar-refractivity contribution >= 4 is 23.4 Å². The molecular weight excluding hydrogens is 464 g/mol. The number of methoxy groups -OCH3 is 1. The Hall–Kier alpha value is -3.51. The predicted molar refractivity (Wildman–Crippen MR) is 138 cm³/mol. The van der Waals surface area contributed by atoms with E-state index in [1.807, 2.05) is 61.5 Å². The van der Waals surface area contributed by atoms with Crippen LogP contribution < -0.4 is 14.8 Å². The highest BCUT2D eigenvalue weighted by molar-refractivity contribution is 6.32. The van der Waals surface area contributed by atoms with Crippen molar-refractivity contribution < 1.29 is 19.1 Å². The van der Waals surface area contributed by atoms with Crippen molar-refractivity contribution in [2.75, 3.05) is 20.3 Å². The summed E-state index contributed by atoms with van der Waals surface area (Å²) < 4.78 is 11.0. The third-order valence-corrected chi connectivity index (χ3v) is 5.83. The van der Waals surface area contributed by atoms with Gasteiger partial charge in [0.05, 0.1) is 12.1 Å². The summed E-state index contributed by atoms with van der Waals surface area (Å²) in [7, 11) is 1.60. The third kappa shape index (κ3) is 7.76.